The summed E-state index contributed by atoms with van der Waals surface area (Å²) >= 11 is 0. The third-order valence-electron chi connectivity index (χ3n) is 2.73. The minimum atomic E-state index is -1.13. The van der Waals surface area contributed by atoms with E-state index in [9.17, 15) is 9.18 Å². The van der Waals surface area contributed by atoms with Gasteiger partial charge in [-0.15, -0.1) is 0 Å². The second-order valence-electron chi connectivity index (χ2n) is 5.72. The standard InChI is InChI=1S/C14H21FN2O2/c1-14(2,9-17(3)4)8-16-12-10(13(18)19)6-5-7-11(12)15/h5-7,16H,8-9H2,1-4H3,(H,18,19). The highest BCUT2D eigenvalue weighted by molar-refractivity contribution is 5.94. The van der Waals surface area contributed by atoms with E-state index in [1.165, 1.54) is 18.2 Å². The predicted octanol–water partition coefficient (Wildman–Crippen LogP) is 2.52. The molecule has 4 nitrogen and oxygen atoms in total. The van der Waals surface area contributed by atoms with Crippen molar-refractivity contribution in [1.29, 1.82) is 0 Å². The Kier molecular flexibility index (Phi) is 4.89. The molecule has 0 aliphatic rings. The molecular formula is C14H21FN2O2. The SMILES string of the molecule is CN(C)CC(C)(C)CNc1c(F)cccc1C(=O)O. The molecule has 0 saturated carbocycles. The van der Waals surface area contributed by atoms with Crippen LogP contribution < -0.4 is 5.32 Å². The van der Waals surface area contributed by atoms with Crippen LogP contribution in [0.3, 0.4) is 0 Å². The minimum Gasteiger partial charge on any atom is -0.478 e. The van der Waals surface area contributed by atoms with Crippen molar-refractivity contribution in [2.75, 3.05) is 32.5 Å². The van der Waals surface area contributed by atoms with Crippen LogP contribution >= 0.6 is 0 Å². The summed E-state index contributed by atoms with van der Waals surface area (Å²) in [4.78, 5) is 13.1. The number of nitrogens with zero attached hydrogens (tertiary/aromatic N) is 1. The summed E-state index contributed by atoms with van der Waals surface area (Å²) in [5.74, 6) is -1.67. The van der Waals surface area contributed by atoms with Gasteiger partial charge in [0.05, 0.1) is 11.3 Å². The summed E-state index contributed by atoms with van der Waals surface area (Å²) in [6.45, 7) is 5.39. The lowest BCUT2D eigenvalue weighted by atomic mass is 9.92. The summed E-state index contributed by atoms with van der Waals surface area (Å²) < 4.78 is 13.7. The normalized spacial score (nSPS) is 11.7. The molecule has 0 bridgehead atoms. The number of para-hydroxylation sites is 1. The third-order valence-corrected chi connectivity index (χ3v) is 2.73. The summed E-state index contributed by atoms with van der Waals surface area (Å²) in [6.07, 6.45) is 0. The molecule has 0 aliphatic heterocycles. The molecule has 0 heterocycles. The van der Waals surface area contributed by atoms with Crippen LogP contribution in [0.15, 0.2) is 18.2 Å². The highest BCUT2D eigenvalue weighted by Crippen LogP contribution is 2.23. The van der Waals surface area contributed by atoms with Crippen LogP contribution in [0.5, 0.6) is 0 Å². The van der Waals surface area contributed by atoms with Gasteiger partial charge in [-0.25, -0.2) is 9.18 Å². The molecule has 5 heteroatoms. The molecule has 0 spiro atoms. The fraction of sp³-hybridized carbons (Fsp3) is 0.500. The largest absolute Gasteiger partial charge is 0.478 e. The fourth-order valence-electron chi connectivity index (χ4n) is 2.12. The van der Waals surface area contributed by atoms with Crippen LogP contribution in [0, 0.1) is 11.2 Å². The third kappa shape index (κ3) is 4.52. The Bertz CT molecular complexity index is 459. The first kappa shape index (κ1) is 15.4. The minimum absolute atomic E-state index is 0.0411. The Hall–Kier alpha value is -1.62. The second-order valence-corrected chi connectivity index (χ2v) is 5.72. The Morgan fingerprint density at radius 2 is 2.05 bits per heavy atom. The first-order valence-corrected chi connectivity index (χ1v) is 6.13. The molecule has 106 valence electrons. The van der Waals surface area contributed by atoms with Gasteiger partial charge in [0, 0.05) is 13.1 Å². The van der Waals surface area contributed by atoms with E-state index in [0.717, 1.165) is 6.54 Å². The molecule has 0 aliphatic carbocycles. The first-order chi connectivity index (χ1) is 8.73. The first-order valence-electron chi connectivity index (χ1n) is 6.13. The maximum absolute atomic E-state index is 13.7. The van der Waals surface area contributed by atoms with E-state index < -0.39 is 11.8 Å². The monoisotopic (exact) mass is 268 g/mol. The van der Waals surface area contributed by atoms with Gasteiger partial charge in [0.2, 0.25) is 0 Å². The number of halogens is 1. The number of nitrogens with one attached hydrogen (secondary N) is 1. The molecule has 0 radical (unpaired) electrons. The number of benzene rings is 1. The zero-order chi connectivity index (χ0) is 14.6. The van der Waals surface area contributed by atoms with Gasteiger partial charge in [0.25, 0.3) is 0 Å². The number of aromatic carboxylic acids is 1. The Labute approximate surface area is 113 Å². The number of rotatable bonds is 6. The fourth-order valence-corrected chi connectivity index (χ4v) is 2.12. The average Bonchev–Trinajstić information content (AvgIpc) is 2.25. The number of carboxylic acid groups (broad SMARTS) is 1. The van der Waals surface area contributed by atoms with E-state index in [0.29, 0.717) is 6.54 Å². The van der Waals surface area contributed by atoms with Crippen LogP contribution in [0.25, 0.3) is 0 Å². The van der Waals surface area contributed by atoms with E-state index in [-0.39, 0.29) is 16.7 Å². The molecule has 0 aromatic heterocycles. The highest BCUT2D eigenvalue weighted by Gasteiger charge is 2.21. The van der Waals surface area contributed by atoms with Gasteiger partial charge in [-0.2, -0.15) is 0 Å². The molecular weight excluding hydrogens is 247 g/mol. The van der Waals surface area contributed by atoms with Gasteiger partial charge in [0.1, 0.15) is 5.82 Å². The quantitative estimate of drug-likeness (QED) is 0.832. The van der Waals surface area contributed by atoms with Gasteiger partial charge >= 0.3 is 5.97 Å². The molecule has 0 amide bonds. The van der Waals surface area contributed by atoms with E-state index in [4.69, 9.17) is 5.11 Å². The summed E-state index contributed by atoms with van der Waals surface area (Å²) in [5, 5.41) is 12.0. The molecule has 0 unspecified atom stereocenters. The predicted molar refractivity (Wildman–Crippen MR) is 74.2 cm³/mol. The molecule has 0 atom stereocenters. The van der Waals surface area contributed by atoms with E-state index in [2.05, 4.69) is 5.32 Å². The number of hydrogen-bond acceptors (Lipinski definition) is 3. The lowest BCUT2D eigenvalue weighted by Crippen LogP contribution is -2.34. The van der Waals surface area contributed by atoms with Gasteiger partial charge < -0.3 is 15.3 Å². The van der Waals surface area contributed by atoms with Gasteiger partial charge in [-0.1, -0.05) is 19.9 Å². The Morgan fingerprint density at radius 3 is 2.58 bits per heavy atom. The zero-order valence-electron chi connectivity index (χ0n) is 11.8. The maximum Gasteiger partial charge on any atom is 0.337 e. The van der Waals surface area contributed by atoms with Crippen LogP contribution in [0.2, 0.25) is 0 Å². The van der Waals surface area contributed by atoms with Crippen LogP contribution in [-0.4, -0.2) is 43.2 Å². The van der Waals surface area contributed by atoms with Crippen molar-refractivity contribution in [3.8, 4) is 0 Å². The number of anilines is 1. The molecule has 2 N–H and O–H groups in total. The van der Waals surface area contributed by atoms with Crippen molar-refractivity contribution in [2.45, 2.75) is 13.8 Å². The van der Waals surface area contributed by atoms with Crippen molar-refractivity contribution in [3.63, 3.8) is 0 Å². The van der Waals surface area contributed by atoms with E-state index in [1.54, 1.807) is 0 Å². The van der Waals surface area contributed by atoms with Crippen LogP contribution in [0.4, 0.5) is 10.1 Å². The number of hydrogen-bond donors (Lipinski definition) is 2. The van der Waals surface area contributed by atoms with Gasteiger partial charge in [-0.05, 0) is 31.6 Å². The number of carboxylic acids is 1. The lowest BCUT2D eigenvalue weighted by Gasteiger charge is -2.29. The van der Waals surface area contributed by atoms with Crippen molar-refractivity contribution >= 4 is 11.7 Å². The molecule has 1 rings (SSSR count). The summed E-state index contributed by atoms with van der Waals surface area (Å²) in [5.41, 5.74) is -0.0795. The Balaban J connectivity index is 2.86. The van der Waals surface area contributed by atoms with Crippen molar-refractivity contribution in [3.05, 3.63) is 29.6 Å². The van der Waals surface area contributed by atoms with Gasteiger partial charge in [-0.3, -0.25) is 0 Å². The average molecular weight is 268 g/mol. The highest BCUT2D eigenvalue weighted by atomic mass is 19.1. The lowest BCUT2D eigenvalue weighted by molar-refractivity contribution is 0.0697. The van der Waals surface area contributed by atoms with Crippen LogP contribution in [0.1, 0.15) is 24.2 Å². The molecule has 1 aromatic carbocycles. The summed E-state index contributed by atoms with van der Waals surface area (Å²) in [6, 6.07) is 4.05. The van der Waals surface area contributed by atoms with Crippen molar-refractivity contribution < 1.29 is 14.3 Å². The van der Waals surface area contributed by atoms with E-state index in [1.807, 2.05) is 32.8 Å². The molecule has 0 fully saturated rings. The van der Waals surface area contributed by atoms with Gasteiger partial charge in [0.15, 0.2) is 0 Å². The Morgan fingerprint density at radius 1 is 1.42 bits per heavy atom. The molecule has 1 aromatic rings. The maximum atomic E-state index is 13.7. The van der Waals surface area contributed by atoms with E-state index >= 15 is 0 Å². The topological polar surface area (TPSA) is 52.6 Å². The van der Waals surface area contributed by atoms with Crippen molar-refractivity contribution in [1.82, 2.24) is 4.90 Å². The second kappa shape index (κ2) is 6.02. The zero-order valence-corrected chi connectivity index (χ0v) is 11.8. The smallest absolute Gasteiger partial charge is 0.337 e. The molecule has 19 heavy (non-hydrogen) atoms. The van der Waals surface area contributed by atoms with Crippen LogP contribution in [-0.2, 0) is 0 Å². The summed E-state index contributed by atoms with van der Waals surface area (Å²) in [7, 11) is 3.93. The number of carbonyl (C=O) groups is 1. The van der Waals surface area contributed by atoms with Crippen molar-refractivity contribution in [2.24, 2.45) is 5.41 Å². The molecule has 0 saturated heterocycles.